The van der Waals surface area contributed by atoms with E-state index in [1.54, 1.807) is 0 Å². The Morgan fingerprint density at radius 2 is 1.74 bits per heavy atom. The number of phenols is 2. The molecule has 0 aliphatic rings. The van der Waals surface area contributed by atoms with Gasteiger partial charge in [0.2, 0.25) is 0 Å². The van der Waals surface area contributed by atoms with E-state index in [9.17, 15) is 19.8 Å². The number of carbonyl (C=O) groups is 2. The number of rotatable bonds is 4. The molecule has 2 rings (SSSR count). The number of aryl methyl sites for hydroxylation is 1. The lowest BCUT2D eigenvalue weighted by Gasteiger charge is -2.10. The zero-order valence-corrected chi connectivity index (χ0v) is 12.8. The molecule has 3 N–H and O–H groups in total. The third-order valence-corrected chi connectivity index (χ3v) is 3.34. The third-order valence-electron chi connectivity index (χ3n) is 3.34. The summed E-state index contributed by atoms with van der Waals surface area (Å²) in [6, 6.07) is 10.1. The largest absolute Gasteiger partial charge is 0.504 e. The molecule has 0 atom stereocenters. The molecule has 0 aromatic heterocycles. The molecule has 6 nitrogen and oxygen atoms in total. The zero-order chi connectivity index (χ0) is 17.0. The Balaban J connectivity index is 2.16. The molecule has 0 unspecified atom stereocenters. The van der Waals surface area contributed by atoms with Crippen molar-refractivity contribution in [3.63, 3.8) is 0 Å². The van der Waals surface area contributed by atoms with E-state index in [1.807, 2.05) is 31.2 Å². The van der Waals surface area contributed by atoms with Gasteiger partial charge in [-0.2, -0.15) is 0 Å². The number of carbonyl (C=O) groups excluding carboxylic acids is 2. The van der Waals surface area contributed by atoms with E-state index in [1.165, 1.54) is 12.1 Å². The van der Waals surface area contributed by atoms with Gasteiger partial charge < -0.3 is 20.3 Å². The van der Waals surface area contributed by atoms with Gasteiger partial charge in [-0.1, -0.05) is 29.8 Å². The normalized spacial score (nSPS) is 10.2. The molecule has 1 amide bonds. The van der Waals surface area contributed by atoms with E-state index in [2.05, 4.69) is 10.1 Å². The predicted molar refractivity (Wildman–Crippen MR) is 83.5 cm³/mol. The predicted octanol–water partition coefficient (Wildman–Crippen LogP) is 2.12. The fourth-order valence-corrected chi connectivity index (χ4v) is 2.14. The molecule has 2 aromatic rings. The molecule has 6 heteroatoms. The van der Waals surface area contributed by atoms with Crippen molar-refractivity contribution in [3.05, 3.63) is 58.7 Å². The number of esters is 1. The second kappa shape index (κ2) is 6.83. The van der Waals surface area contributed by atoms with Gasteiger partial charge in [0.15, 0.2) is 11.5 Å². The highest BCUT2D eigenvalue weighted by molar-refractivity contribution is 6.01. The van der Waals surface area contributed by atoms with Crippen LogP contribution in [-0.2, 0) is 11.3 Å². The Labute approximate surface area is 133 Å². The van der Waals surface area contributed by atoms with E-state index >= 15 is 0 Å². The first kappa shape index (κ1) is 16.4. The first-order valence-corrected chi connectivity index (χ1v) is 6.91. The van der Waals surface area contributed by atoms with E-state index in [0.717, 1.165) is 18.2 Å². The lowest BCUT2D eigenvalue weighted by atomic mass is 10.1. The Hall–Kier alpha value is -3.02. The number of benzene rings is 2. The molecule has 0 saturated carbocycles. The van der Waals surface area contributed by atoms with Crippen LogP contribution in [0.5, 0.6) is 11.5 Å². The molecule has 0 spiro atoms. The summed E-state index contributed by atoms with van der Waals surface area (Å²) in [4.78, 5) is 23.5. The van der Waals surface area contributed by atoms with E-state index in [4.69, 9.17) is 0 Å². The molecule has 120 valence electrons. The van der Waals surface area contributed by atoms with E-state index in [0.29, 0.717) is 0 Å². The van der Waals surface area contributed by atoms with Gasteiger partial charge in [0, 0.05) is 6.54 Å². The number of aromatic hydroxyl groups is 2. The molecular weight excluding hydrogens is 298 g/mol. The van der Waals surface area contributed by atoms with Crippen molar-refractivity contribution in [2.45, 2.75) is 13.5 Å². The fourth-order valence-electron chi connectivity index (χ4n) is 2.14. The maximum Gasteiger partial charge on any atom is 0.341 e. The number of hydrogen-bond donors (Lipinski definition) is 3. The first-order chi connectivity index (χ1) is 10.9. The van der Waals surface area contributed by atoms with Crippen LogP contribution in [0.1, 0.15) is 31.8 Å². The molecule has 0 heterocycles. The van der Waals surface area contributed by atoms with Crippen LogP contribution in [0.25, 0.3) is 0 Å². The summed E-state index contributed by atoms with van der Waals surface area (Å²) < 4.78 is 4.48. The minimum atomic E-state index is -0.801. The average molecular weight is 315 g/mol. The molecule has 0 bridgehead atoms. The second-order valence-corrected chi connectivity index (χ2v) is 5.02. The summed E-state index contributed by atoms with van der Waals surface area (Å²) >= 11 is 0. The number of methoxy groups -OCH3 is 1. The molecule has 23 heavy (non-hydrogen) atoms. The Bertz CT molecular complexity index is 755. The van der Waals surface area contributed by atoms with Crippen LogP contribution in [-0.4, -0.2) is 29.2 Å². The van der Waals surface area contributed by atoms with Gasteiger partial charge in [0.05, 0.1) is 12.7 Å². The SMILES string of the molecule is COC(=O)c1ccc(C(=O)NCc2cccc(C)c2)c(O)c1O. The van der Waals surface area contributed by atoms with Gasteiger partial charge in [-0.05, 0) is 24.6 Å². The number of hydrogen-bond acceptors (Lipinski definition) is 5. The molecule has 0 radical (unpaired) electrons. The maximum atomic E-state index is 12.1. The van der Waals surface area contributed by atoms with Gasteiger partial charge >= 0.3 is 5.97 Å². The average Bonchev–Trinajstić information content (AvgIpc) is 2.54. The number of amides is 1. The summed E-state index contributed by atoms with van der Waals surface area (Å²) in [6.07, 6.45) is 0. The van der Waals surface area contributed by atoms with Crippen LogP contribution in [0.3, 0.4) is 0 Å². The van der Waals surface area contributed by atoms with Crippen LogP contribution in [0.2, 0.25) is 0 Å². The van der Waals surface area contributed by atoms with Gasteiger partial charge in [0.1, 0.15) is 5.56 Å². The topological polar surface area (TPSA) is 95.9 Å². The quantitative estimate of drug-likeness (QED) is 0.593. The summed E-state index contributed by atoms with van der Waals surface area (Å²) in [7, 11) is 1.15. The van der Waals surface area contributed by atoms with E-state index in [-0.39, 0.29) is 17.7 Å². The number of ether oxygens (including phenoxy) is 1. The number of phenolic OH excluding ortho intramolecular Hbond substituents is 2. The van der Waals surface area contributed by atoms with Crippen molar-refractivity contribution >= 4 is 11.9 Å². The standard InChI is InChI=1S/C17H17NO5/c1-10-4-3-5-11(8-10)9-18-16(21)12-6-7-13(17(22)23-2)15(20)14(12)19/h3-8,19-20H,9H2,1-2H3,(H,18,21). The summed E-state index contributed by atoms with van der Waals surface area (Å²) in [5.41, 5.74) is 1.65. The van der Waals surface area contributed by atoms with Crippen molar-refractivity contribution in [1.29, 1.82) is 0 Å². The van der Waals surface area contributed by atoms with Crippen LogP contribution in [0.15, 0.2) is 36.4 Å². The van der Waals surface area contributed by atoms with Gasteiger partial charge in [-0.15, -0.1) is 0 Å². The summed E-state index contributed by atoms with van der Waals surface area (Å²) in [6.45, 7) is 2.22. The summed E-state index contributed by atoms with van der Waals surface area (Å²) in [5.74, 6) is -2.70. The monoisotopic (exact) mass is 315 g/mol. The highest BCUT2D eigenvalue weighted by Crippen LogP contribution is 2.33. The van der Waals surface area contributed by atoms with Gasteiger partial charge in [-0.25, -0.2) is 4.79 Å². The number of nitrogens with one attached hydrogen (secondary N) is 1. The fraction of sp³-hybridized carbons (Fsp3) is 0.176. The minimum absolute atomic E-state index is 0.122. The Morgan fingerprint density at radius 3 is 2.39 bits per heavy atom. The first-order valence-electron chi connectivity index (χ1n) is 6.91. The Kier molecular flexibility index (Phi) is 4.85. The second-order valence-electron chi connectivity index (χ2n) is 5.02. The van der Waals surface area contributed by atoms with Crippen molar-refractivity contribution in [1.82, 2.24) is 5.32 Å². The lowest BCUT2D eigenvalue weighted by molar-refractivity contribution is 0.0596. The van der Waals surface area contributed by atoms with Crippen LogP contribution in [0.4, 0.5) is 0 Å². The highest BCUT2D eigenvalue weighted by atomic mass is 16.5. The minimum Gasteiger partial charge on any atom is -0.504 e. The molecular formula is C17H17NO5. The van der Waals surface area contributed by atoms with Gasteiger partial charge in [-0.3, -0.25) is 4.79 Å². The Morgan fingerprint density at radius 1 is 1.09 bits per heavy atom. The molecule has 0 saturated heterocycles. The molecule has 0 aliphatic heterocycles. The van der Waals surface area contributed by atoms with E-state index < -0.39 is 23.4 Å². The highest BCUT2D eigenvalue weighted by Gasteiger charge is 2.21. The molecule has 0 fully saturated rings. The summed E-state index contributed by atoms with van der Waals surface area (Å²) in [5, 5.41) is 22.4. The zero-order valence-electron chi connectivity index (χ0n) is 12.8. The third kappa shape index (κ3) is 3.60. The van der Waals surface area contributed by atoms with Crippen LogP contribution >= 0.6 is 0 Å². The maximum absolute atomic E-state index is 12.1. The van der Waals surface area contributed by atoms with Crippen LogP contribution in [0, 0.1) is 6.92 Å². The van der Waals surface area contributed by atoms with Gasteiger partial charge in [0.25, 0.3) is 5.91 Å². The smallest absolute Gasteiger partial charge is 0.341 e. The van der Waals surface area contributed by atoms with Crippen molar-refractivity contribution < 1.29 is 24.5 Å². The lowest BCUT2D eigenvalue weighted by Crippen LogP contribution is -2.23. The van der Waals surface area contributed by atoms with Crippen molar-refractivity contribution in [2.75, 3.05) is 7.11 Å². The van der Waals surface area contributed by atoms with Crippen molar-refractivity contribution in [3.8, 4) is 11.5 Å². The molecule has 0 aliphatic carbocycles. The molecule has 2 aromatic carbocycles. The van der Waals surface area contributed by atoms with Crippen molar-refractivity contribution in [2.24, 2.45) is 0 Å². The van der Waals surface area contributed by atoms with Crippen LogP contribution < -0.4 is 5.32 Å².